The molecule has 0 aliphatic carbocycles. The number of aliphatic imine (C=N–C) groups is 1. The van der Waals surface area contributed by atoms with Crippen molar-refractivity contribution in [2.75, 3.05) is 39.3 Å². The monoisotopic (exact) mass is 547 g/mol. The first-order chi connectivity index (χ1) is 13.3. The SMILES string of the molecule is CCNC(=NCCC1CCN(CC(F)(F)F)CC1)NCCc1nc(C)c(C)s1.I. The highest BCUT2D eigenvalue weighted by molar-refractivity contribution is 14.0. The predicted octanol–water partition coefficient (Wildman–Crippen LogP) is 4.14. The molecule has 2 heterocycles. The highest BCUT2D eigenvalue weighted by Gasteiger charge is 2.32. The van der Waals surface area contributed by atoms with Gasteiger partial charge in [-0.25, -0.2) is 4.98 Å². The number of nitrogens with zero attached hydrogens (tertiary/aromatic N) is 3. The molecule has 1 aliphatic rings. The third kappa shape index (κ3) is 10.3. The van der Waals surface area contributed by atoms with Crippen LogP contribution >= 0.6 is 35.3 Å². The van der Waals surface area contributed by atoms with Crippen LogP contribution in [0.15, 0.2) is 4.99 Å². The lowest BCUT2D eigenvalue weighted by Gasteiger charge is -2.32. The number of rotatable bonds is 8. The van der Waals surface area contributed by atoms with Crippen molar-refractivity contribution < 1.29 is 13.2 Å². The fourth-order valence-corrected chi connectivity index (χ4v) is 4.25. The maximum absolute atomic E-state index is 12.5. The first-order valence-electron chi connectivity index (χ1n) is 10.0. The molecular weight excluding hydrogens is 514 g/mol. The molecule has 168 valence electrons. The Balaban J connectivity index is 0.00000420. The summed E-state index contributed by atoms with van der Waals surface area (Å²) in [4.78, 5) is 11.9. The van der Waals surface area contributed by atoms with Gasteiger partial charge in [0.15, 0.2) is 5.96 Å². The maximum Gasteiger partial charge on any atom is 0.401 e. The van der Waals surface area contributed by atoms with Gasteiger partial charge in [0, 0.05) is 30.9 Å². The van der Waals surface area contributed by atoms with Crippen molar-refractivity contribution in [3.63, 3.8) is 0 Å². The molecule has 2 rings (SSSR count). The van der Waals surface area contributed by atoms with E-state index < -0.39 is 12.7 Å². The third-order valence-electron chi connectivity index (χ3n) is 4.97. The van der Waals surface area contributed by atoms with Crippen molar-refractivity contribution in [2.45, 2.75) is 52.6 Å². The molecule has 1 aromatic rings. The average Bonchev–Trinajstić information content (AvgIpc) is 2.93. The van der Waals surface area contributed by atoms with E-state index in [1.54, 1.807) is 11.3 Å². The Labute approximate surface area is 193 Å². The third-order valence-corrected chi connectivity index (χ3v) is 6.10. The van der Waals surface area contributed by atoms with Crippen molar-refractivity contribution in [3.05, 3.63) is 15.6 Å². The number of likely N-dealkylation sites (tertiary alicyclic amines) is 1. The number of hydrogen-bond acceptors (Lipinski definition) is 4. The van der Waals surface area contributed by atoms with Gasteiger partial charge in [-0.1, -0.05) is 0 Å². The van der Waals surface area contributed by atoms with E-state index >= 15 is 0 Å². The minimum absolute atomic E-state index is 0. The Morgan fingerprint density at radius 2 is 1.93 bits per heavy atom. The lowest BCUT2D eigenvalue weighted by molar-refractivity contribution is -0.148. The number of halogens is 4. The van der Waals surface area contributed by atoms with Gasteiger partial charge in [-0.15, -0.1) is 35.3 Å². The topological polar surface area (TPSA) is 52.6 Å². The Morgan fingerprint density at radius 3 is 2.48 bits per heavy atom. The fourth-order valence-electron chi connectivity index (χ4n) is 3.32. The smallest absolute Gasteiger partial charge is 0.357 e. The van der Waals surface area contributed by atoms with Crippen molar-refractivity contribution in [1.29, 1.82) is 0 Å². The van der Waals surface area contributed by atoms with E-state index in [1.165, 1.54) is 9.78 Å². The number of aryl methyl sites for hydroxylation is 2. The van der Waals surface area contributed by atoms with Crippen molar-refractivity contribution >= 4 is 41.3 Å². The zero-order chi connectivity index (χ0) is 20.6. The van der Waals surface area contributed by atoms with E-state index in [2.05, 4.69) is 27.5 Å². The number of piperidine rings is 1. The molecule has 0 spiro atoms. The second-order valence-corrected chi connectivity index (χ2v) is 8.60. The average molecular weight is 547 g/mol. The maximum atomic E-state index is 12.5. The van der Waals surface area contributed by atoms with Gasteiger partial charge in [0.1, 0.15) is 0 Å². The van der Waals surface area contributed by atoms with E-state index in [4.69, 9.17) is 0 Å². The minimum atomic E-state index is -4.10. The summed E-state index contributed by atoms with van der Waals surface area (Å²) >= 11 is 1.73. The van der Waals surface area contributed by atoms with Gasteiger partial charge >= 0.3 is 6.18 Å². The van der Waals surface area contributed by atoms with Crippen LogP contribution in [0.2, 0.25) is 0 Å². The molecule has 5 nitrogen and oxygen atoms in total. The summed E-state index contributed by atoms with van der Waals surface area (Å²) < 4.78 is 37.4. The quantitative estimate of drug-likeness (QED) is 0.292. The number of aromatic nitrogens is 1. The van der Waals surface area contributed by atoms with E-state index in [0.717, 1.165) is 55.4 Å². The molecule has 1 aromatic heterocycles. The van der Waals surface area contributed by atoms with Gasteiger partial charge in [0.05, 0.1) is 17.2 Å². The van der Waals surface area contributed by atoms with Gasteiger partial charge < -0.3 is 10.6 Å². The second-order valence-electron chi connectivity index (χ2n) is 7.31. The molecule has 2 N–H and O–H groups in total. The lowest BCUT2D eigenvalue weighted by Crippen LogP contribution is -2.40. The molecule has 0 amide bonds. The summed E-state index contributed by atoms with van der Waals surface area (Å²) in [7, 11) is 0. The Kier molecular flexibility index (Phi) is 11.8. The molecule has 0 radical (unpaired) electrons. The zero-order valence-corrected chi connectivity index (χ0v) is 20.6. The van der Waals surface area contributed by atoms with Crippen LogP contribution in [0, 0.1) is 19.8 Å². The van der Waals surface area contributed by atoms with E-state index in [1.807, 2.05) is 13.8 Å². The summed E-state index contributed by atoms with van der Waals surface area (Å²) in [5, 5.41) is 7.71. The zero-order valence-electron chi connectivity index (χ0n) is 17.4. The van der Waals surface area contributed by atoms with Gasteiger partial charge in [0.25, 0.3) is 0 Å². The van der Waals surface area contributed by atoms with Crippen LogP contribution in [-0.4, -0.2) is 61.3 Å². The van der Waals surface area contributed by atoms with Crippen LogP contribution < -0.4 is 10.6 Å². The van der Waals surface area contributed by atoms with Gasteiger partial charge in [-0.3, -0.25) is 9.89 Å². The van der Waals surface area contributed by atoms with Crippen molar-refractivity contribution in [3.8, 4) is 0 Å². The summed E-state index contributed by atoms with van der Waals surface area (Å²) in [6.45, 7) is 8.66. The molecule has 1 aliphatic heterocycles. The largest absolute Gasteiger partial charge is 0.401 e. The van der Waals surface area contributed by atoms with Crippen LogP contribution in [-0.2, 0) is 6.42 Å². The minimum Gasteiger partial charge on any atom is -0.357 e. The number of guanidine groups is 1. The molecule has 1 fully saturated rings. The van der Waals surface area contributed by atoms with Gasteiger partial charge in [-0.05, 0) is 59.0 Å². The van der Waals surface area contributed by atoms with Crippen molar-refractivity contribution in [2.24, 2.45) is 10.9 Å². The predicted molar refractivity (Wildman–Crippen MR) is 125 cm³/mol. The van der Waals surface area contributed by atoms with Crippen LogP contribution in [0.3, 0.4) is 0 Å². The Bertz CT molecular complexity index is 608. The Morgan fingerprint density at radius 1 is 1.24 bits per heavy atom. The van der Waals surface area contributed by atoms with Gasteiger partial charge in [0.2, 0.25) is 0 Å². The van der Waals surface area contributed by atoms with Crippen LogP contribution in [0.4, 0.5) is 13.2 Å². The first kappa shape index (κ1) is 26.4. The normalized spacial score (nSPS) is 16.6. The number of alkyl halides is 3. The molecule has 10 heteroatoms. The summed E-state index contributed by atoms with van der Waals surface area (Å²) in [6.07, 6.45) is -0.682. The second kappa shape index (κ2) is 12.9. The molecule has 0 saturated carbocycles. The summed E-state index contributed by atoms with van der Waals surface area (Å²) in [6, 6.07) is 0. The first-order valence-corrected chi connectivity index (χ1v) is 10.8. The number of hydrogen-bond donors (Lipinski definition) is 2. The van der Waals surface area contributed by atoms with E-state index in [0.29, 0.717) is 25.6 Å². The molecule has 0 aromatic carbocycles. The van der Waals surface area contributed by atoms with E-state index in [-0.39, 0.29) is 24.0 Å². The number of thiazole rings is 1. The van der Waals surface area contributed by atoms with Gasteiger partial charge in [-0.2, -0.15) is 13.2 Å². The molecule has 29 heavy (non-hydrogen) atoms. The molecular formula is C19H33F3IN5S. The standard InChI is InChI=1S/C19H32F3N5S.HI/c1-4-23-18(25-10-6-17-26-14(2)15(3)28-17)24-9-5-16-7-11-27(12-8-16)13-19(20,21)22;/h16H,4-13H2,1-3H3,(H2,23,24,25);1H. The number of nitrogens with one attached hydrogen (secondary N) is 2. The highest BCUT2D eigenvalue weighted by Crippen LogP contribution is 2.24. The molecule has 0 bridgehead atoms. The highest BCUT2D eigenvalue weighted by atomic mass is 127. The molecule has 1 saturated heterocycles. The molecule has 0 atom stereocenters. The lowest BCUT2D eigenvalue weighted by atomic mass is 9.93. The van der Waals surface area contributed by atoms with E-state index in [9.17, 15) is 13.2 Å². The Hall–Kier alpha value is -0.620. The van der Waals surface area contributed by atoms with Crippen LogP contribution in [0.1, 0.15) is 41.8 Å². The molecule has 0 unspecified atom stereocenters. The summed E-state index contributed by atoms with van der Waals surface area (Å²) in [5.41, 5.74) is 1.10. The fraction of sp³-hybridized carbons (Fsp3) is 0.789. The summed E-state index contributed by atoms with van der Waals surface area (Å²) in [5.74, 6) is 1.25. The van der Waals surface area contributed by atoms with Crippen LogP contribution in [0.5, 0.6) is 0 Å². The van der Waals surface area contributed by atoms with Crippen molar-refractivity contribution in [1.82, 2.24) is 20.5 Å². The van der Waals surface area contributed by atoms with Crippen LogP contribution in [0.25, 0.3) is 0 Å².